The van der Waals surface area contributed by atoms with Crippen molar-refractivity contribution in [2.45, 2.75) is 0 Å². The van der Waals surface area contributed by atoms with Crippen LogP contribution in [0.3, 0.4) is 0 Å². The molecule has 1 aromatic rings. The second kappa shape index (κ2) is 4.53. The van der Waals surface area contributed by atoms with Crippen molar-refractivity contribution in [2.75, 3.05) is 6.61 Å². The highest BCUT2D eigenvalue weighted by atomic mass is 16.5. The first-order chi connectivity index (χ1) is 9.26. The summed E-state index contributed by atoms with van der Waals surface area (Å²) in [5, 5.41) is 0. The van der Waals surface area contributed by atoms with Crippen LogP contribution in [0.15, 0.2) is 45.6 Å². The van der Waals surface area contributed by atoms with Crippen molar-refractivity contribution in [3.8, 4) is 17.2 Å². The summed E-state index contributed by atoms with van der Waals surface area (Å²) in [7, 11) is 0. The molecule has 0 bridgehead atoms. The van der Waals surface area contributed by atoms with Crippen LogP contribution in [0.2, 0.25) is 0 Å². The first kappa shape index (κ1) is 11.4. The van der Waals surface area contributed by atoms with Crippen LogP contribution in [0.4, 0.5) is 0 Å². The SMILES string of the molecule is O=CCOc1ccc2nc3ccc(=O)cc-3oc2c1. The monoisotopic (exact) mass is 255 g/mol. The predicted molar refractivity (Wildman–Crippen MR) is 68.5 cm³/mol. The fourth-order valence-electron chi connectivity index (χ4n) is 1.81. The lowest BCUT2D eigenvalue weighted by molar-refractivity contribution is -0.109. The molecule has 0 unspecified atom stereocenters. The van der Waals surface area contributed by atoms with Crippen molar-refractivity contribution in [1.29, 1.82) is 0 Å². The van der Waals surface area contributed by atoms with Crippen molar-refractivity contribution < 1.29 is 13.9 Å². The van der Waals surface area contributed by atoms with E-state index in [0.29, 0.717) is 34.6 Å². The number of aromatic nitrogens is 1. The van der Waals surface area contributed by atoms with Crippen molar-refractivity contribution in [1.82, 2.24) is 4.98 Å². The van der Waals surface area contributed by atoms with Gasteiger partial charge in [0, 0.05) is 12.1 Å². The molecule has 5 nitrogen and oxygen atoms in total. The molecule has 1 heterocycles. The molecule has 0 spiro atoms. The number of rotatable bonds is 3. The Morgan fingerprint density at radius 1 is 1.21 bits per heavy atom. The van der Waals surface area contributed by atoms with Crippen LogP contribution >= 0.6 is 0 Å². The first-order valence-corrected chi connectivity index (χ1v) is 5.67. The van der Waals surface area contributed by atoms with E-state index in [2.05, 4.69) is 4.98 Å². The molecule has 0 aromatic heterocycles. The third kappa shape index (κ3) is 2.18. The van der Waals surface area contributed by atoms with Crippen LogP contribution < -0.4 is 10.2 Å². The van der Waals surface area contributed by atoms with Crippen molar-refractivity contribution in [3.05, 3.63) is 46.6 Å². The molecule has 0 atom stereocenters. The van der Waals surface area contributed by atoms with Crippen LogP contribution in [0.5, 0.6) is 5.75 Å². The maximum Gasteiger partial charge on any atom is 0.182 e. The topological polar surface area (TPSA) is 69.4 Å². The molecule has 1 aliphatic carbocycles. The zero-order valence-electron chi connectivity index (χ0n) is 9.83. The lowest BCUT2D eigenvalue weighted by Gasteiger charge is -2.07. The molecule has 0 amide bonds. The van der Waals surface area contributed by atoms with E-state index < -0.39 is 0 Å². The molecule has 2 aliphatic rings. The standard InChI is InChI=1S/C14H9NO4/c16-5-6-18-10-2-4-12-14(8-10)19-13-7-9(17)1-3-11(13)15-12/h1-5,7-8H,6H2. The van der Waals surface area contributed by atoms with Gasteiger partial charge in [0.1, 0.15) is 23.6 Å². The van der Waals surface area contributed by atoms with Gasteiger partial charge in [-0.05, 0) is 24.3 Å². The Labute approximate surface area is 107 Å². The van der Waals surface area contributed by atoms with Gasteiger partial charge in [-0.3, -0.25) is 9.59 Å². The van der Waals surface area contributed by atoms with E-state index in [1.807, 2.05) is 0 Å². The van der Waals surface area contributed by atoms with Gasteiger partial charge in [0.2, 0.25) is 0 Å². The maximum absolute atomic E-state index is 11.3. The number of aldehydes is 1. The van der Waals surface area contributed by atoms with Crippen LogP contribution in [-0.2, 0) is 4.79 Å². The van der Waals surface area contributed by atoms with Crippen molar-refractivity contribution in [2.24, 2.45) is 0 Å². The van der Waals surface area contributed by atoms with Gasteiger partial charge in [-0.25, -0.2) is 4.98 Å². The first-order valence-electron chi connectivity index (χ1n) is 5.67. The predicted octanol–water partition coefficient (Wildman–Crippen LogP) is 1.87. The number of nitrogens with zero attached hydrogens (tertiary/aromatic N) is 1. The summed E-state index contributed by atoms with van der Waals surface area (Å²) in [6, 6.07) is 9.55. The number of hydrogen-bond acceptors (Lipinski definition) is 5. The van der Waals surface area contributed by atoms with E-state index in [-0.39, 0.29) is 12.0 Å². The molecule has 0 radical (unpaired) electrons. The third-order valence-electron chi connectivity index (χ3n) is 2.64. The fraction of sp³-hybridized carbons (Fsp3) is 0.0714. The molecule has 19 heavy (non-hydrogen) atoms. The van der Waals surface area contributed by atoms with Gasteiger partial charge in [-0.1, -0.05) is 0 Å². The minimum absolute atomic E-state index is 0.0166. The normalized spacial score (nSPS) is 10.7. The highest BCUT2D eigenvalue weighted by Crippen LogP contribution is 2.26. The number of benzene rings is 2. The van der Waals surface area contributed by atoms with E-state index in [1.54, 1.807) is 24.3 Å². The highest BCUT2D eigenvalue weighted by Gasteiger charge is 2.09. The maximum atomic E-state index is 11.3. The Hall–Kier alpha value is -2.69. The summed E-state index contributed by atoms with van der Waals surface area (Å²) in [6.45, 7) is -0.0166. The Bertz CT molecular complexity index is 778. The van der Waals surface area contributed by atoms with E-state index in [0.717, 1.165) is 0 Å². The van der Waals surface area contributed by atoms with Crippen molar-refractivity contribution in [3.63, 3.8) is 0 Å². The molecule has 1 aliphatic heterocycles. The van der Waals surface area contributed by atoms with E-state index >= 15 is 0 Å². The number of carbonyl (C=O) groups excluding carboxylic acids is 1. The quantitative estimate of drug-likeness (QED) is 0.528. The summed E-state index contributed by atoms with van der Waals surface area (Å²) < 4.78 is 10.8. The average Bonchev–Trinajstić information content (AvgIpc) is 2.42. The van der Waals surface area contributed by atoms with Crippen LogP contribution in [0.1, 0.15) is 0 Å². The minimum Gasteiger partial charge on any atom is -0.486 e. The smallest absolute Gasteiger partial charge is 0.182 e. The molecular formula is C14H9NO4. The third-order valence-corrected chi connectivity index (χ3v) is 2.64. The minimum atomic E-state index is -0.134. The molecule has 0 N–H and O–H groups in total. The zero-order chi connectivity index (χ0) is 13.2. The zero-order valence-corrected chi connectivity index (χ0v) is 9.83. The molecule has 0 saturated heterocycles. The summed E-state index contributed by atoms with van der Waals surface area (Å²) in [4.78, 5) is 25.9. The van der Waals surface area contributed by atoms with Gasteiger partial charge in [0.05, 0.1) is 0 Å². The van der Waals surface area contributed by atoms with Crippen LogP contribution in [0.25, 0.3) is 22.6 Å². The number of hydrogen-bond donors (Lipinski definition) is 0. The van der Waals surface area contributed by atoms with Crippen LogP contribution in [0, 0.1) is 0 Å². The van der Waals surface area contributed by atoms with E-state index in [9.17, 15) is 9.59 Å². The Balaban J connectivity index is 2.17. The van der Waals surface area contributed by atoms with Gasteiger partial charge in [0.25, 0.3) is 0 Å². The van der Waals surface area contributed by atoms with Crippen LogP contribution in [-0.4, -0.2) is 17.9 Å². The largest absolute Gasteiger partial charge is 0.486 e. The summed E-state index contributed by atoms with van der Waals surface area (Å²) in [5.74, 6) is 0.940. The van der Waals surface area contributed by atoms with Crippen molar-refractivity contribution >= 4 is 17.4 Å². The molecular weight excluding hydrogens is 246 g/mol. The van der Waals surface area contributed by atoms with Gasteiger partial charge >= 0.3 is 0 Å². The molecule has 1 aromatic carbocycles. The lowest BCUT2D eigenvalue weighted by atomic mass is 10.2. The lowest BCUT2D eigenvalue weighted by Crippen LogP contribution is -2.00. The van der Waals surface area contributed by atoms with Gasteiger partial charge in [-0.15, -0.1) is 0 Å². The molecule has 94 valence electrons. The number of carbonyl (C=O) groups is 1. The number of ether oxygens (including phenoxy) is 1. The van der Waals surface area contributed by atoms with E-state index in [1.165, 1.54) is 12.1 Å². The Morgan fingerprint density at radius 3 is 2.95 bits per heavy atom. The average molecular weight is 255 g/mol. The van der Waals surface area contributed by atoms with Gasteiger partial charge in [0.15, 0.2) is 23.1 Å². The molecule has 3 rings (SSSR count). The molecule has 0 fully saturated rings. The van der Waals surface area contributed by atoms with E-state index in [4.69, 9.17) is 9.15 Å². The summed E-state index contributed by atoms with van der Waals surface area (Å²) >= 11 is 0. The van der Waals surface area contributed by atoms with Gasteiger partial charge < -0.3 is 9.15 Å². The second-order valence-corrected chi connectivity index (χ2v) is 3.95. The Morgan fingerprint density at radius 2 is 2.11 bits per heavy atom. The Kier molecular flexibility index (Phi) is 2.72. The van der Waals surface area contributed by atoms with Gasteiger partial charge in [-0.2, -0.15) is 0 Å². The number of fused-ring (bicyclic) bond motifs is 2. The second-order valence-electron chi connectivity index (χ2n) is 3.95. The summed E-state index contributed by atoms with van der Waals surface area (Å²) in [6.07, 6.45) is 0.670. The fourth-order valence-corrected chi connectivity index (χ4v) is 1.81. The molecule has 5 heteroatoms. The highest BCUT2D eigenvalue weighted by molar-refractivity contribution is 5.77. The molecule has 0 saturated carbocycles. The summed E-state index contributed by atoms with van der Waals surface area (Å²) in [5.41, 5.74) is 1.64.